The number of aromatic nitrogens is 2. The maximum atomic E-state index is 12.6. The van der Waals surface area contributed by atoms with Gasteiger partial charge in [0.05, 0.1) is 12.1 Å². The first-order valence-electron chi connectivity index (χ1n) is 5.61. The molecule has 0 saturated heterocycles. The molecule has 0 radical (unpaired) electrons. The molecule has 4 nitrogen and oxygen atoms in total. The Labute approximate surface area is 107 Å². The fourth-order valence-corrected chi connectivity index (χ4v) is 1.63. The van der Waals surface area contributed by atoms with E-state index in [9.17, 15) is 13.2 Å². The third kappa shape index (κ3) is 3.54. The lowest BCUT2D eigenvalue weighted by Crippen LogP contribution is -2.06. The van der Waals surface area contributed by atoms with Gasteiger partial charge in [0, 0.05) is 6.42 Å². The van der Waals surface area contributed by atoms with Crippen molar-refractivity contribution in [3.05, 3.63) is 47.1 Å². The van der Waals surface area contributed by atoms with Crippen molar-refractivity contribution in [2.24, 2.45) is 0 Å². The van der Waals surface area contributed by atoms with Crippen LogP contribution in [0.2, 0.25) is 0 Å². The van der Waals surface area contributed by atoms with Gasteiger partial charge in [0.1, 0.15) is 0 Å². The maximum absolute atomic E-state index is 12.6. The summed E-state index contributed by atoms with van der Waals surface area (Å²) in [6.07, 6.45) is -4.14. The van der Waals surface area contributed by atoms with Crippen molar-refractivity contribution in [1.29, 1.82) is 0 Å². The van der Waals surface area contributed by atoms with E-state index >= 15 is 0 Å². The molecule has 1 heterocycles. The molecule has 1 aromatic heterocycles. The van der Waals surface area contributed by atoms with E-state index in [1.807, 2.05) is 0 Å². The molecule has 19 heavy (non-hydrogen) atoms. The second kappa shape index (κ2) is 5.40. The lowest BCUT2D eigenvalue weighted by Gasteiger charge is -2.07. The molecular formula is C12H12F3N3O. The molecule has 0 aliphatic heterocycles. The summed E-state index contributed by atoms with van der Waals surface area (Å²) in [4.78, 5) is 4.07. The van der Waals surface area contributed by atoms with Gasteiger partial charge in [-0.3, -0.25) is 0 Å². The first-order chi connectivity index (χ1) is 8.99. The van der Waals surface area contributed by atoms with Crippen molar-refractivity contribution in [3.63, 3.8) is 0 Å². The van der Waals surface area contributed by atoms with Gasteiger partial charge in [0.2, 0.25) is 5.89 Å². The van der Waals surface area contributed by atoms with Crippen molar-refractivity contribution >= 4 is 0 Å². The van der Waals surface area contributed by atoms with Gasteiger partial charge in [-0.25, -0.2) is 0 Å². The molecule has 0 bridgehead atoms. The zero-order valence-electron chi connectivity index (χ0n) is 10.2. The Kier molecular flexibility index (Phi) is 3.84. The second-order valence-electron chi connectivity index (χ2n) is 4.01. The quantitative estimate of drug-likeness (QED) is 0.927. The van der Waals surface area contributed by atoms with Crippen LogP contribution >= 0.6 is 0 Å². The van der Waals surface area contributed by atoms with E-state index in [-0.39, 0.29) is 6.42 Å². The number of alkyl halides is 3. The Bertz CT molecular complexity index is 551. The Morgan fingerprint density at radius 1 is 1.32 bits per heavy atom. The van der Waals surface area contributed by atoms with Gasteiger partial charge in [-0.05, 0) is 18.7 Å². The highest BCUT2D eigenvalue weighted by Crippen LogP contribution is 2.29. The predicted molar refractivity (Wildman–Crippen MR) is 61.3 cm³/mol. The summed E-state index contributed by atoms with van der Waals surface area (Å²) in [5.41, 5.74) is -0.185. The summed E-state index contributed by atoms with van der Waals surface area (Å²) in [6.45, 7) is 0.426. The number of benzene rings is 1. The highest BCUT2D eigenvalue weighted by molar-refractivity contribution is 5.27. The zero-order valence-corrected chi connectivity index (χ0v) is 10.2. The van der Waals surface area contributed by atoms with Crippen LogP contribution in [0.3, 0.4) is 0 Å². The van der Waals surface area contributed by atoms with Gasteiger partial charge in [-0.2, -0.15) is 18.2 Å². The Morgan fingerprint density at radius 2 is 2.11 bits per heavy atom. The van der Waals surface area contributed by atoms with Crippen LogP contribution < -0.4 is 5.32 Å². The van der Waals surface area contributed by atoms with Crippen LogP contribution in [0.5, 0.6) is 0 Å². The van der Waals surface area contributed by atoms with Crippen LogP contribution in [-0.2, 0) is 19.1 Å². The highest BCUT2D eigenvalue weighted by Gasteiger charge is 2.30. The number of nitrogens with zero attached hydrogens (tertiary/aromatic N) is 2. The third-order valence-corrected chi connectivity index (χ3v) is 2.45. The summed E-state index contributed by atoms with van der Waals surface area (Å²) >= 11 is 0. The number of nitrogens with one attached hydrogen (secondary N) is 1. The molecule has 0 aliphatic carbocycles. The first kappa shape index (κ1) is 13.5. The standard InChI is InChI=1S/C12H12F3N3O/c1-16-7-11-17-10(18-19-11)6-8-3-2-4-9(5-8)12(13,14)15/h2-5,16H,6-7H2,1H3. The number of hydrogen-bond donors (Lipinski definition) is 1. The summed E-state index contributed by atoms with van der Waals surface area (Å²) in [5.74, 6) is 0.772. The number of rotatable bonds is 4. The molecule has 102 valence electrons. The van der Waals surface area contributed by atoms with Gasteiger partial charge < -0.3 is 9.84 Å². The van der Waals surface area contributed by atoms with Crippen molar-refractivity contribution < 1.29 is 17.7 Å². The third-order valence-electron chi connectivity index (χ3n) is 2.45. The molecule has 1 N–H and O–H groups in total. The molecule has 0 fully saturated rings. The van der Waals surface area contributed by atoms with E-state index in [0.717, 1.165) is 12.1 Å². The van der Waals surface area contributed by atoms with E-state index in [2.05, 4.69) is 15.5 Å². The maximum Gasteiger partial charge on any atom is 0.416 e. The van der Waals surface area contributed by atoms with Crippen LogP contribution in [0.1, 0.15) is 22.8 Å². The highest BCUT2D eigenvalue weighted by atomic mass is 19.4. The Hall–Kier alpha value is -1.89. The van der Waals surface area contributed by atoms with Crippen molar-refractivity contribution in [3.8, 4) is 0 Å². The molecule has 0 spiro atoms. The van der Waals surface area contributed by atoms with Crippen LogP contribution in [0.25, 0.3) is 0 Å². The lowest BCUT2D eigenvalue weighted by molar-refractivity contribution is -0.137. The number of hydrogen-bond acceptors (Lipinski definition) is 4. The smallest absolute Gasteiger partial charge is 0.338 e. The fourth-order valence-electron chi connectivity index (χ4n) is 1.63. The number of halogens is 3. The van der Waals surface area contributed by atoms with E-state index in [4.69, 9.17) is 4.52 Å². The van der Waals surface area contributed by atoms with Crippen molar-refractivity contribution in [1.82, 2.24) is 15.5 Å². The summed E-state index contributed by atoms with van der Waals surface area (Å²) in [6, 6.07) is 5.09. The monoisotopic (exact) mass is 271 g/mol. The molecular weight excluding hydrogens is 259 g/mol. The Balaban J connectivity index is 2.14. The van der Waals surface area contributed by atoms with Crippen LogP contribution in [0.4, 0.5) is 13.2 Å². The molecule has 2 rings (SSSR count). The molecule has 0 aliphatic rings. The average molecular weight is 271 g/mol. The normalized spacial score (nSPS) is 11.8. The van der Waals surface area contributed by atoms with Crippen molar-refractivity contribution in [2.75, 3.05) is 7.05 Å². The van der Waals surface area contributed by atoms with Gasteiger partial charge >= 0.3 is 6.18 Å². The van der Waals surface area contributed by atoms with E-state index in [1.54, 1.807) is 13.1 Å². The lowest BCUT2D eigenvalue weighted by atomic mass is 10.1. The molecule has 2 aromatic rings. The average Bonchev–Trinajstić information content (AvgIpc) is 2.76. The molecule has 0 saturated carbocycles. The molecule has 0 unspecified atom stereocenters. The van der Waals surface area contributed by atoms with Crippen molar-refractivity contribution in [2.45, 2.75) is 19.1 Å². The summed E-state index contributed by atoms with van der Waals surface area (Å²) in [5, 5.41) is 6.56. The first-order valence-corrected chi connectivity index (χ1v) is 5.61. The molecule has 1 aromatic carbocycles. The van der Waals surface area contributed by atoms with Crippen LogP contribution in [0, 0.1) is 0 Å². The minimum Gasteiger partial charge on any atom is -0.338 e. The SMILES string of the molecule is CNCc1nc(Cc2cccc(C(F)(F)F)c2)no1. The van der Waals surface area contributed by atoms with Crippen LogP contribution in [-0.4, -0.2) is 17.2 Å². The summed E-state index contributed by atoms with van der Waals surface area (Å²) < 4.78 is 42.6. The second-order valence-corrected chi connectivity index (χ2v) is 4.01. The molecule has 0 atom stereocenters. The summed E-state index contributed by atoms with van der Waals surface area (Å²) in [7, 11) is 1.73. The van der Waals surface area contributed by atoms with Gasteiger partial charge in [-0.1, -0.05) is 23.4 Å². The zero-order chi connectivity index (χ0) is 13.9. The van der Waals surface area contributed by atoms with Crippen LogP contribution in [0.15, 0.2) is 28.8 Å². The van der Waals surface area contributed by atoms with Gasteiger partial charge in [-0.15, -0.1) is 0 Å². The van der Waals surface area contributed by atoms with E-state index < -0.39 is 11.7 Å². The largest absolute Gasteiger partial charge is 0.416 e. The minimum atomic E-state index is -4.34. The fraction of sp³-hybridized carbons (Fsp3) is 0.333. The molecule has 7 heteroatoms. The van der Waals surface area contributed by atoms with E-state index in [0.29, 0.717) is 23.8 Å². The Morgan fingerprint density at radius 3 is 2.79 bits per heavy atom. The van der Waals surface area contributed by atoms with Gasteiger partial charge in [0.25, 0.3) is 0 Å². The van der Waals surface area contributed by atoms with E-state index in [1.165, 1.54) is 6.07 Å². The predicted octanol–water partition coefficient (Wildman–Crippen LogP) is 2.40. The minimum absolute atomic E-state index is 0.205. The van der Waals surface area contributed by atoms with Gasteiger partial charge in [0.15, 0.2) is 5.82 Å². The topological polar surface area (TPSA) is 51.0 Å². The molecule has 0 amide bonds.